The van der Waals surface area contributed by atoms with Crippen molar-refractivity contribution in [3.05, 3.63) is 82.3 Å². The number of hydrogen-bond donors (Lipinski definition) is 3. The fraction of sp³-hybridized carbons (Fsp3) is 0.312. The third-order valence-electron chi connectivity index (χ3n) is 7.50. The molecule has 14 heteroatoms. The molecule has 1 heterocycles. The van der Waals surface area contributed by atoms with Crippen LogP contribution in [0.15, 0.2) is 71.8 Å². The van der Waals surface area contributed by atoms with Crippen LogP contribution >= 0.6 is 23.2 Å². The number of amides is 5. The summed E-state index contributed by atoms with van der Waals surface area (Å²) in [6, 6.07) is 16.9. The van der Waals surface area contributed by atoms with Gasteiger partial charge in [0.1, 0.15) is 0 Å². The summed E-state index contributed by atoms with van der Waals surface area (Å²) in [5.41, 5.74) is 3.04. The Hall–Kier alpha value is -4.52. The van der Waals surface area contributed by atoms with Gasteiger partial charge in [0.25, 0.3) is 0 Å². The summed E-state index contributed by atoms with van der Waals surface area (Å²) in [5.74, 6) is 0.837. The molecule has 3 N–H and O–H groups in total. The highest BCUT2D eigenvalue weighted by Gasteiger charge is 2.55. The number of benzene rings is 3. The summed E-state index contributed by atoms with van der Waals surface area (Å²) in [6.45, 7) is 3.79. The second-order valence-electron chi connectivity index (χ2n) is 11.0. The number of carbonyl (C=O) groups is 3. The van der Waals surface area contributed by atoms with Gasteiger partial charge in [-0.25, -0.2) is 15.0 Å². The van der Waals surface area contributed by atoms with E-state index in [1.807, 2.05) is 0 Å². The minimum atomic E-state index is -1.11. The zero-order valence-corrected chi connectivity index (χ0v) is 27.4. The zero-order valence-electron chi connectivity index (χ0n) is 25.9. The monoisotopic (exact) mass is 670 g/mol. The maximum atomic E-state index is 13.8. The first-order valence-corrected chi connectivity index (χ1v) is 15.2. The van der Waals surface area contributed by atoms with E-state index in [4.69, 9.17) is 32.7 Å². The van der Waals surface area contributed by atoms with Crippen molar-refractivity contribution in [2.45, 2.75) is 44.8 Å². The molecule has 5 amide bonds. The second-order valence-corrected chi connectivity index (χ2v) is 11.8. The Labute approximate surface area is 277 Å². The molecular formula is C32H36Cl2N6O6. The van der Waals surface area contributed by atoms with Crippen LogP contribution in [0.3, 0.4) is 0 Å². The lowest BCUT2D eigenvalue weighted by Crippen LogP contribution is -2.58. The third kappa shape index (κ3) is 8.00. The van der Waals surface area contributed by atoms with Gasteiger partial charge >= 0.3 is 12.1 Å². The molecule has 46 heavy (non-hydrogen) atoms. The Morgan fingerprint density at radius 3 is 2.24 bits per heavy atom. The van der Waals surface area contributed by atoms with Gasteiger partial charge in [-0.15, -0.1) is 0 Å². The molecule has 0 radical (unpaired) electrons. The van der Waals surface area contributed by atoms with Gasteiger partial charge in [-0.3, -0.25) is 14.9 Å². The van der Waals surface area contributed by atoms with Crippen LogP contribution in [0.5, 0.6) is 11.5 Å². The number of hydroxylamine groups is 2. The standard InChI is InChI=1S/C32H36Cl2N6O6/c1-32(2)29(40(44)30(42)36-24-13-9-22(33)10-14-24)39(25-15-11-23(34)12-16-25)31(43)38(32)18-6-5-7-28(41)37-35-20-21-8-17-26(45-3)27(19-21)46-4/h8-17,19-20,29,44H,5-7,18H2,1-4H3,(H,36,42)(H,37,41)/b35-20-/t29-/m1/s1. The molecule has 12 nitrogen and oxygen atoms in total. The number of urea groups is 2. The van der Waals surface area contributed by atoms with Crippen molar-refractivity contribution < 1.29 is 29.1 Å². The van der Waals surface area contributed by atoms with Gasteiger partial charge in [0, 0.05) is 34.4 Å². The highest BCUT2D eigenvalue weighted by atomic mass is 35.5. The molecule has 1 aliphatic rings. The summed E-state index contributed by atoms with van der Waals surface area (Å²) in [7, 11) is 3.08. The van der Waals surface area contributed by atoms with Gasteiger partial charge in [-0.1, -0.05) is 23.2 Å². The Morgan fingerprint density at radius 2 is 1.61 bits per heavy atom. The molecular weight excluding hydrogens is 635 g/mol. The van der Waals surface area contributed by atoms with E-state index in [0.717, 1.165) is 0 Å². The van der Waals surface area contributed by atoms with Crippen LogP contribution in [0, 0.1) is 0 Å². The number of methoxy groups -OCH3 is 2. The summed E-state index contributed by atoms with van der Waals surface area (Å²) in [5, 5.41) is 19.3. The lowest BCUT2D eigenvalue weighted by molar-refractivity contribution is -0.121. The van der Waals surface area contributed by atoms with E-state index in [-0.39, 0.29) is 18.9 Å². The summed E-state index contributed by atoms with van der Waals surface area (Å²) < 4.78 is 10.5. The molecule has 0 spiro atoms. The van der Waals surface area contributed by atoms with Crippen LogP contribution in [0.25, 0.3) is 0 Å². The summed E-state index contributed by atoms with van der Waals surface area (Å²) in [6.07, 6.45) is 1.50. The maximum absolute atomic E-state index is 13.8. The van der Waals surface area contributed by atoms with Crippen molar-refractivity contribution in [2.24, 2.45) is 5.10 Å². The van der Waals surface area contributed by atoms with Gasteiger partial charge in [-0.05, 0) is 99.0 Å². The summed E-state index contributed by atoms with van der Waals surface area (Å²) in [4.78, 5) is 42.4. The number of nitrogens with zero attached hydrogens (tertiary/aromatic N) is 4. The SMILES string of the molecule is COc1ccc(/C=N\NC(=O)CCCCN2C(=O)N(c3ccc(Cl)cc3)[C@H](N(O)C(=O)Nc3ccc(Cl)cc3)C2(C)C)cc1OC. The maximum Gasteiger partial charge on any atom is 0.347 e. The van der Waals surface area contributed by atoms with Crippen molar-refractivity contribution in [3.63, 3.8) is 0 Å². The number of hydrogen-bond acceptors (Lipinski definition) is 7. The minimum Gasteiger partial charge on any atom is -0.493 e. The average molecular weight is 672 g/mol. The zero-order chi connectivity index (χ0) is 33.4. The Morgan fingerprint density at radius 1 is 0.978 bits per heavy atom. The van der Waals surface area contributed by atoms with E-state index in [1.165, 1.54) is 18.2 Å². The molecule has 3 aromatic rings. The lowest BCUT2D eigenvalue weighted by atomic mass is 9.99. The quantitative estimate of drug-likeness (QED) is 0.0860. The topological polar surface area (TPSA) is 136 Å². The second kappa shape index (κ2) is 15.2. The lowest BCUT2D eigenvalue weighted by Gasteiger charge is -2.38. The van der Waals surface area contributed by atoms with E-state index in [0.29, 0.717) is 56.4 Å². The van der Waals surface area contributed by atoms with E-state index in [2.05, 4.69) is 15.8 Å². The van der Waals surface area contributed by atoms with Crippen LogP contribution in [-0.2, 0) is 4.79 Å². The van der Waals surface area contributed by atoms with Crippen LogP contribution in [0.4, 0.5) is 21.0 Å². The predicted octanol–water partition coefficient (Wildman–Crippen LogP) is 6.60. The van der Waals surface area contributed by atoms with E-state index in [1.54, 1.807) is 92.6 Å². The van der Waals surface area contributed by atoms with Crippen LogP contribution in [-0.4, -0.2) is 71.8 Å². The fourth-order valence-corrected chi connectivity index (χ4v) is 5.38. The number of carbonyl (C=O) groups excluding carboxylic acids is 3. The highest BCUT2D eigenvalue weighted by Crippen LogP contribution is 2.38. The molecule has 3 aromatic carbocycles. The molecule has 0 saturated carbocycles. The molecule has 4 rings (SSSR count). The van der Waals surface area contributed by atoms with E-state index in [9.17, 15) is 19.6 Å². The molecule has 1 fully saturated rings. The predicted molar refractivity (Wildman–Crippen MR) is 177 cm³/mol. The normalized spacial score (nSPS) is 15.6. The van der Waals surface area contributed by atoms with Gasteiger partial charge in [0.05, 0.1) is 26.0 Å². The van der Waals surface area contributed by atoms with Gasteiger partial charge in [0.15, 0.2) is 17.7 Å². The minimum absolute atomic E-state index is 0.172. The van der Waals surface area contributed by atoms with Crippen molar-refractivity contribution in [2.75, 3.05) is 31.0 Å². The van der Waals surface area contributed by atoms with E-state index < -0.39 is 23.8 Å². The van der Waals surface area contributed by atoms with Gasteiger partial charge in [0.2, 0.25) is 5.91 Å². The number of halogens is 2. The van der Waals surface area contributed by atoms with Crippen molar-refractivity contribution in [1.82, 2.24) is 15.4 Å². The number of anilines is 2. The third-order valence-corrected chi connectivity index (χ3v) is 8.00. The number of rotatable bonds is 12. The molecule has 1 saturated heterocycles. The number of hydrazone groups is 1. The fourth-order valence-electron chi connectivity index (χ4n) is 5.13. The molecule has 0 aliphatic carbocycles. The van der Waals surface area contributed by atoms with Gasteiger partial charge in [-0.2, -0.15) is 10.2 Å². The molecule has 0 bridgehead atoms. The van der Waals surface area contributed by atoms with Crippen LogP contribution in [0.1, 0.15) is 38.7 Å². The number of nitrogens with one attached hydrogen (secondary N) is 2. The van der Waals surface area contributed by atoms with Crippen molar-refractivity contribution in [1.29, 1.82) is 0 Å². The average Bonchev–Trinajstić information content (AvgIpc) is 3.24. The molecule has 1 aliphatic heterocycles. The Bertz CT molecular complexity index is 1570. The Kier molecular flexibility index (Phi) is 11.3. The molecule has 0 unspecified atom stereocenters. The number of ether oxygens (including phenoxy) is 2. The van der Waals surface area contributed by atoms with Crippen LogP contribution < -0.4 is 25.1 Å². The molecule has 0 aromatic heterocycles. The largest absolute Gasteiger partial charge is 0.493 e. The molecule has 244 valence electrons. The first-order valence-electron chi connectivity index (χ1n) is 14.4. The smallest absolute Gasteiger partial charge is 0.347 e. The van der Waals surface area contributed by atoms with Gasteiger partial charge < -0.3 is 19.7 Å². The highest BCUT2D eigenvalue weighted by molar-refractivity contribution is 6.31. The number of unbranched alkanes of at least 4 members (excludes halogenated alkanes) is 1. The van der Waals surface area contributed by atoms with Crippen molar-refractivity contribution >= 4 is 58.8 Å². The first-order chi connectivity index (χ1) is 22.0. The first kappa shape index (κ1) is 34.4. The Balaban J connectivity index is 1.40. The summed E-state index contributed by atoms with van der Waals surface area (Å²) >= 11 is 12.0. The van der Waals surface area contributed by atoms with Crippen LogP contribution in [0.2, 0.25) is 10.0 Å². The van der Waals surface area contributed by atoms with E-state index >= 15 is 0 Å². The van der Waals surface area contributed by atoms with Crippen molar-refractivity contribution in [3.8, 4) is 11.5 Å². The molecule has 1 atom stereocenters.